The van der Waals surface area contributed by atoms with E-state index in [0.717, 1.165) is 19.4 Å². The van der Waals surface area contributed by atoms with E-state index in [1.165, 1.54) is 0 Å². The van der Waals surface area contributed by atoms with Gasteiger partial charge in [0.2, 0.25) is 5.91 Å². The molecule has 5 heteroatoms. The smallest absolute Gasteiger partial charge is 0.307 e. The molecule has 0 bridgehead atoms. The van der Waals surface area contributed by atoms with Gasteiger partial charge in [0, 0.05) is 13.1 Å². The quantitative estimate of drug-likeness (QED) is 0.715. The van der Waals surface area contributed by atoms with E-state index in [1.54, 1.807) is 14.0 Å². The van der Waals surface area contributed by atoms with Crippen LogP contribution in [0.4, 0.5) is 0 Å². The Morgan fingerprint density at radius 1 is 1.53 bits per heavy atom. The van der Waals surface area contributed by atoms with Gasteiger partial charge >= 0.3 is 5.97 Å². The summed E-state index contributed by atoms with van der Waals surface area (Å²) in [6, 6.07) is -0.0386. The maximum atomic E-state index is 11.7. The third-order valence-corrected chi connectivity index (χ3v) is 3.18. The van der Waals surface area contributed by atoms with Gasteiger partial charge in [0.05, 0.1) is 19.1 Å². The summed E-state index contributed by atoms with van der Waals surface area (Å²) in [6.07, 6.45) is 2.22. The summed E-state index contributed by atoms with van der Waals surface area (Å²) in [4.78, 5) is 25.2. The van der Waals surface area contributed by atoms with Crippen LogP contribution in [0.25, 0.3) is 0 Å². The molecule has 0 aromatic carbocycles. The molecule has 1 aliphatic rings. The molecule has 0 saturated carbocycles. The van der Waals surface area contributed by atoms with Gasteiger partial charge in [-0.2, -0.15) is 0 Å². The summed E-state index contributed by atoms with van der Waals surface area (Å²) in [5, 5.41) is 2.67. The Morgan fingerprint density at radius 2 is 2.24 bits per heavy atom. The Labute approximate surface area is 102 Å². The lowest BCUT2D eigenvalue weighted by atomic mass is 10.1. The van der Waals surface area contributed by atoms with Crippen LogP contribution >= 0.6 is 0 Å². The second-order valence-electron chi connectivity index (χ2n) is 4.37. The predicted molar refractivity (Wildman–Crippen MR) is 64.5 cm³/mol. The summed E-state index contributed by atoms with van der Waals surface area (Å²) in [5.41, 5.74) is 0. The van der Waals surface area contributed by atoms with Crippen LogP contribution in [0.3, 0.4) is 0 Å². The van der Waals surface area contributed by atoms with Crippen LogP contribution in [-0.2, 0) is 14.3 Å². The number of carbonyl (C=O) groups excluding carboxylic acids is 2. The number of hydrogen-bond donors (Lipinski definition) is 1. The van der Waals surface area contributed by atoms with E-state index in [4.69, 9.17) is 4.74 Å². The van der Waals surface area contributed by atoms with Crippen molar-refractivity contribution in [2.75, 3.05) is 20.2 Å². The van der Waals surface area contributed by atoms with Gasteiger partial charge in [-0.3, -0.25) is 14.5 Å². The van der Waals surface area contributed by atoms with E-state index in [9.17, 15) is 9.59 Å². The van der Waals surface area contributed by atoms with Gasteiger partial charge in [-0.25, -0.2) is 0 Å². The molecule has 0 aromatic heterocycles. The van der Waals surface area contributed by atoms with Crippen LogP contribution < -0.4 is 5.32 Å². The molecule has 98 valence electrons. The van der Waals surface area contributed by atoms with Crippen molar-refractivity contribution in [2.24, 2.45) is 0 Å². The van der Waals surface area contributed by atoms with Crippen molar-refractivity contribution in [3.05, 3.63) is 0 Å². The molecule has 1 N–H and O–H groups in total. The highest BCUT2D eigenvalue weighted by Crippen LogP contribution is 2.21. The zero-order valence-electron chi connectivity index (χ0n) is 10.9. The maximum absolute atomic E-state index is 11.7. The van der Waals surface area contributed by atoms with Gasteiger partial charge < -0.3 is 10.1 Å². The minimum absolute atomic E-state index is 0.0400. The molecule has 1 heterocycles. The van der Waals surface area contributed by atoms with Gasteiger partial charge in [0.15, 0.2) is 0 Å². The highest BCUT2D eigenvalue weighted by Gasteiger charge is 2.33. The van der Waals surface area contributed by atoms with Crippen LogP contribution in [0.1, 0.15) is 33.1 Å². The molecule has 0 radical (unpaired) electrons. The Bertz CT molecular complexity index is 281. The average molecular weight is 242 g/mol. The molecule has 0 aliphatic carbocycles. The number of amides is 1. The number of ether oxygens (including phenoxy) is 1. The normalized spacial score (nSPS) is 22.2. The molecule has 0 aromatic rings. The van der Waals surface area contributed by atoms with Crippen LogP contribution in [0.15, 0.2) is 0 Å². The van der Waals surface area contributed by atoms with E-state index in [0.29, 0.717) is 13.0 Å². The summed E-state index contributed by atoms with van der Waals surface area (Å²) in [7, 11) is 1.65. The molecule has 1 rings (SSSR count). The highest BCUT2D eigenvalue weighted by molar-refractivity contribution is 5.81. The fraction of sp³-hybridized carbons (Fsp3) is 0.833. The second-order valence-corrected chi connectivity index (χ2v) is 4.37. The number of nitrogens with one attached hydrogen (secondary N) is 1. The van der Waals surface area contributed by atoms with Crippen molar-refractivity contribution in [1.29, 1.82) is 0 Å². The molecule has 2 unspecified atom stereocenters. The third kappa shape index (κ3) is 3.70. The first-order valence-corrected chi connectivity index (χ1v) is 6.23. The van der Waals surface area contributed by atoms with Gasteiger partial charge in [0.1, 0.15) is 0 Å². The topological polar surface area (TPSA) is 58.6 Å². The Morgan fingerprint density at radius 3 is 2.82 bits per heavy atom. The van der Waals surface area contributed by atoms with E-state index in [2.05, 4.69) is 10.2 Å². The van der Waals surface area contributed by atoms with Crippen molar-refractivity contribution in [1.82, 2.24) is 10.2 Å². The molecular formula is C12H22N2O3. The van der Waals surface area contributed by atoms with Crippen molar-refractivity contribution in [3.63, 3.8) is 0 Å². The highest BCUT2D eigenvalue weighted by atomic mass is 16.5. The number of hydrogen-bond acceptors (Lipinski definition) is 4. The fourth-order valence-corrected chi connectivity index (χ4v) is 2.34. The van der Waals surface area contributed by atoms with Crippen LogP contribution in [0.2, 0.25) is 0 Å². The van der Waals surface area contributed by atoms with Crippen molar-refractivity contribution in [2.45, 2.75) is 45.2 Å². The summed E-state index contributed by atoms with van der Waals surface area (Å²) in [5.74, 6) is -0.152. The third-order valence-electron chi connectivity index (χ3n) is 3.18. The van der Waals surface area contributed by atoms with Crippen LogP contribution in [0, 0.1) is 0 Å². The number of esters is 1. The lowest BCUT2D eigenvalue weighted by Gasteiger charge is -2.28. The molecular weight excluding hydrogens is 220 g/mol. The zero-order valence-corrected chi connectivity index (χ0v) is 10.9. The molecule has 1 fully saturated rings. The first-order valence-electron chi connectivity index (χ1n) is 6.23. The number of nitrogens with zero attached hydrogens (tertiary/aromatic N) is 1. The molecule has 1 amide bonds. The second kappa shape index (κ2) is 6.59. The summed E-state index contributed by atoms with van der Waals surface area (Å²) in [6.45, 7) is 5.05. The van der Waals surface area contributed by atoms with E-state index in [1.807, 2.05) is 6.92 Å². The predicted octanol–water partition coefficient (Wildman–Crippen LogP) is 0.539. The summed E-state index contributed by atoms with van der Waals surface area (Å²) < 4.78 is 4.93. The molecule has 5 nitrogen and oxygen atoms in total. The zero-order chi connectivity index (χ0) is 12.8. The largest absolute Gasteiger partial charge is 0.466 e. The van der Waals surface area contributed by atoms with Gasteiger partial charge in [0.25, 0.3) is 0 Å². The Hall–Kier alpha value is -1.10. The molecule has 2 atom stereocenters. The van der Waals surface area contributed by atoms with Crippen LogP contribution in [-0.4, -0.2) is 49.1 Å². The number of likely N-dealkylation sites (N-methyl/N-ethyl adjacent to an activating group) is 1. The van der Waals surface area contributed by atoms with Gasteiger partial charge in [-0.05, 0) is 33.2 Å². The maximum Gasteiger partial charge on any atom is 0.307 e. The van der Waals surface area contributed by atoms with Crippen LogP contribution in [0.5, 0.6) is 0 Å². The molecule has 17 heavy (non-hydrogen) atoms. The Balaban J connectivity index is 2.52. The number of rotatable bonds is 5. The first kappa shape index (κ1) is 14.0. The average Bonchev–Trinajstić information content (AvgIpc) is 2.77. The monoisotopic (exact) mass is 242 g/mol. The number of likely N-dealkylation sites (tertiary alicyclic amines) is 1. The molecule has 1 aliphatic heterocycles. The van der Waals surface area contributed by atoms with Crippen molar-refractivity contribution < 1.29 is 14.3 Å². The summed E-state index contributed by atoms with van der Waals surface area (Å²) >= 11 is 0. The first-order chi connectivity index (χ1) is 8.10. The standard InChI is InChI=1S/C12H22N2O3/c1-4-17-11(15)8-9(2)14-7-5-6-10(14)12(16)13-3/h9-10H,4-8H2,1-3H3,(H,13,16). The lowest BCUT2D eigenvalue weighted by Crippen LogP contribution is -2.46. The van der Waals surface area contributed by atoms with Crippen molar-refractivity contribution >= 4 is 11.9 Å². The molecule has 0 spiro atoms. The number of carbonyl (C=O) groups is 2. The van der Waals surface area contributed by atoms with E-state index >= 15 is 0 Å². The SMILES string of the molecule is CCOC(=O)CC(C)N1CCCC1C(=O)NC. The fourth-order valence-electron chi connectivity index (χ4n) is 2.34. The van der Waals surface area contributed by atoms with Gasteiger partial charge in [-0.15, -0.1) is 0 Å². The lowest BCUT2D eigenvalue weighted by molar-refractivity contribution is -0.145. The van der Waals surface area contributed by atoms with E-state index in [-0.39, 0.29) is 24.0 Å². The minimum Gasteiger partial charge on any atom is -0.466 e. The molecule has 1 saturated heterocycles. The Kier molecular flexibility index (Phi) is 5.41. The van der Waals surface area contributed by atoms with Gasteiger partial charge in [-0.1, -0.05) is 0 Å². The minimum atomic E-state index is -0.192. The van der Waals surface area contributed by atoms with Crippen molar-refractivity contribution in [3.8, 4) is 0 Å². The van der Waals surface area contributed by atoms with E-state index < -0.39 is 0 Å².